The molecule has 2 aromatic rings. The normalized spacial score (nSPS) is 22.3. The summed E-state index contributed by atoms with van der Waals surface area (Å²) in [5.41, 5.74) is 0.746. The Labute approximate surface area is 134 Å². The van der Waals surface area contributed by atoms with Gasteiger partial charge in [0.15, 0.2) is 5.69 Å². The molecule has 0 atom stereocenters. The van der Waals surface area contributed by atoms with Crippen molar-refractivity contribution in [2.24, 2.45) is 5.92 Å². The highest BCUT2D eigenvalue weighted by Crippen LogP contribution is 2.39. The Balaban J connectivity index is 1.74. The number of fused-ring (bicyclic) bond motifs is 1. The quantitative estimate of drug-likeness (QED) is 0.893. The van der Waals surface area contributed by atoms with E-state index in [0.29, 0.717) is 16.6 Å². The largest absolute Gasteiger partial charge is 0.476 e. The van der Waals surface area contributed by atoms with Gasteiger partial charge in [0.1, 0.15) is 5.01 Å². The van der Waals surface area contributed by atoms with Gasteiger partial charge in [0.2, 0.25) is 4.96 Å². The molecule has 1 N–H and O–H groups in total. The maximum absolute atomic E-state index is 11.3. The van der Waals surface area contributed by atoms with Crippen LogP contribution in [0.5, 0.6) is 0 Å². The fourth-order valence-corrected chi connectivity index (χ4v) is 4.58. The van der Waals surface area contributed by atoms with Crippen molar-refractivity contribution in [3.05, 3.63) is 16.4 Å². The van der Waals surface area contributed by atoms with Crippen molar-refractivity contribution in [3.8, 4) is 0 Å². The van der Waals surface area contributed by atoms with E-state index in [4.69, 9.17) is 0 Å². The number of carboxylic acids is 1. The summed E-state index contributed by atoms with van der Waals surface area (Å²) in [6.45, 7) is 3.97. The van der Waals surface area contributed by atoms with Crippen LogP contribution in [0.3, 0.4) is 0 Å². The van der Waals surface area contributed by atoms with E-state index in [2.05, 4.69) is 17.0 Å². The maximum Gasteiger partial charge on any atom is 0.356 e. The van der Waals surface area contributed by atoms with Crippen molar-refractivity contribution < 1.29 is 9.90 Å². The van der Waals surface area contributed by atoms with Crippen molar-refractivity contribution in [3.63, 3.8) is 0 Å². The van der Waals surface area contributed by atoms with Crippen molar-refractivity contribution >= 4 is 22.3 Å². The highest BCUT2D eigenvalue weighted by atomic mass is 32.1. The third-order valence-corrected chi connectivity index (χ3v) is 5.83. The summed E-state index contributed by atoms with van der Waals surface area (Å²) in [5, 5.41) is 14.9. The van der Waals surface area contributed by atoms with Crippen molar-refractivity contribution in [1.82, 2.24) is 14.6 Å². The van der Waals surface area contributed by atoms with Gasteiger partial charge in [0.05, 0.1) is 5.69 Å². The molecule has 6 heteroatoms. The lowest BCUT2D eigenvalue weighted by atomic mass is 9.80. The van der Waals surface area contributed by atoms with Crippen molar-refractivity contribution in [2.45, 2.75) is 64.7 Å². The second-order valence-corrected chi connectivity index (χ2v) is 7.33. The Morgan fingerprint density at radius 3 is 2.73 bits per heavy atom. The molecule has 0 unspecified atom stereocenters. The van der Waals surface area contributed by atoms with Gasteiger partial charge >= 0.3 is 5.97 Å². The van der Waals surface area contributed by atoms with E-state index >= 15 is 0 Å². The van der Waals surface area contributed by atoms with Crippen LogP contribution >= 0.6 is 11.3 Å². The molecule has 1 aliphatic carbocycles. The summed E-state index contributed by atoms with van der Waals surface area (Å²) in [4.78, 5) is 16.4. The molecule has 2 aromatic heterocycles. The van der Waals surface area contributed by atoms with Crippen molar-refractivity contribution in [1.29, 1.82) is 0 Å². The van der Waals surface area contributed by atoms with Crippen LogP contribution in [0.15, 0.2) is 0 Å². The third-order valence-electron chi connectivity index (χ3n) is 4.76. The number of nitrogens with zero attached hydrogens (tertiary/aromatic N) is 3. The van der Waals surface area contributed by atoms with Crippen LogP contribution in [0.25, 0.3) is 4.96 Å². The first-order valence-electron chi connectivity index (χ1n) is 8.19. The summed E-state index contributed by atoms with van der Waals surface area (Å²) in [5.74, 6) is 0.397. The molecular weight excluding hydrogens is 298 g/mol. The molecule has 3 rings (SSSR count). The molecule has 2 heterocycles. The summed E-state index contributed by atoms with van der Waals surface area (Å²) >= 11 is 1.55. The summed E-state index contributed by atoms with van der Waals surface area (Å²) < 4.78 is 1.51. The van der Waals surface area contributed by atoms with Crippen LogP contribution in [0.2, 0.25) is 0 Å². The van der Waals surface area contributed by atoms with Gasteiger partial charge in [0.25, 0.3) is 0 Å². The standard InChI is InChI=1S/C16H23N3O2S/c1-3-4-5-11-6-8-12(9-7-11)14-18-19-13(15(20)21)10(2)17-16(19)22-14/h11-12H,3-9H2,1-2H3,(H,20,21). The zero-order valence-electron chi connectivity index (χ0n) is 13.2. The highest BCUT2D eigenvalue weighted by Gasteiger charge is 2.26. The molecule has 0 saturated heterocycles. The van der Waals surface area contributed by atoms with Crippen LogP contribution in [-0.2, 0) is 0 Å². The van der Waals surface area contributed by atoms with Crippen LogP contribution in [0, 0.1) is 12.8 Å². The average molecular weight is 321 g/mol. The molecule has 1 saturated carbocycles. The molecule has 0 amide bonds. The molecule has 5 nitrogen and oxygen atoms in total. The lowest BCUT2D eigenvalue weighted by molar-refractivity contribution is 0.0687. The SMILES string of the molecule is CCCCC1CCC(c2nn3c(C(=O)O)c(C)nc3s2)CC1. The van der Waals surface area contributed by atoms with Crippen LogP contribution in [-0.4, -0.2) is 25.7 Å². The molecule has 0 spiro atoms. The molecule has 22 heavy (non-hydrogen) atoms. The number of aryl methyl sites for hydroxylation is 1. The minimum Gasteiger partial charge on any atom is -0.476 e. The number of hydrogen-bond acceptors (Lipinski definition) is 4. The Bertz CT molecular complexity index is 668. The lowest BCUT2D eigenvalue weighted by Gasteiger charge is -2.26. The smallest absolute Gasteiger partial charge is 0.356 e. The molecule has 120 valence electrons. The van der Waals surface area contributed by atoms with Crippen molar-refractivity contribution in [2.75, 3.05) is 0 Å². The highest BCUT2D eigenvalue weighted by molar-refractivity contribution is 7.16. The van der Waals surface area contributed by atoms with Gasteiger partial charge in [-0.25, -0.2) is 9.78 Å². The average Bonchev–Trinajstić information content (AvgIpc) is 3.01. The first-order valence-corrected chi connectivity index (χ1v) is 9.01. The number of imidazole rings is 1. The maximum atomic E-state index is 11.3. The number of hydrogen-bond donors (Lipinski definition) is 1. The minimum atomic E-state index is -0.954. The summed E-state index contributed by atoms with van der Waals surface area (Å²) in [6, 6.07) is 0. The van der Waals surface area contributed by atoms with Gasteiger partial charge < -0.3 is 5.11 Å². The molecule has 0 radical (unpaired) electrons. The number of unbranched alkanes of at least 4 members (excludes halogenated alkanes) is 1. The molecule has 0 bridgehead atoms. The predicted molar refractivity (Wildman–Crippen MR) is 86.8 cm³/mol. The van der Waals surface area contributed by atoms with E-state index < -0.39 is 5.97 Å². The molecule has 0 aliphatic heterocycles. The number of aromatic nitrogens is 3. The number of aromatic carboxylic acids is 1. The first-order chi connectivity index (χ1) is 10.6. The van der Waals surface area contributed by atoms with E-state index in [9.17, 15) is 9.90 Å². The summed E-state index contributed by atoms with van der Waals surface area (Å²) in [6.07, 6.45) is 8.86. The first kappa shape index (κ1) is 15.5. The van der Waals surface area contributed by atoms with Gasteiger partial charge in [-0.1, -0.05) is 37.5 Å². The Kier molecular flexibility index (Phi) is 4.47. The van der Waals surface area contributed by atoms with Crippen LogP contribution in [0.4, 0.5) is 0 Å². The fourth-order valence-electron chi connectivity index (χ4n) is 3.47. The Hall–Kier alpha value is -1.43. The molecule has 0 aromatic carbocycles. The fraction of sp³-hybridized carbons (Fsp3) is 0.688. The Morgan fingerprint density at radius 2 is 2.09 bits per heavy atom. The zero-order valence-corrected chi connectivity index (χ0v) is 14.0. The van der Waals surface area contributed by atoms with E-state index in [1.54, 1.807) is 18.3 Å². The second-order valence-electron chi connectivity index (χ2n) is 6.35. The van der Waals surface area contributed by atoms with Gasteiger partial charge in [-0.05, 0) is 38.5 Å². The third kappa shape index (κ3) is 2.89. The van der Waals surface area contributed by atoms with Gasteiger partial charge in [0, 0.05) is 5.92 Å². The molecule has 1 aliphatic rings. The number of carboxylic acid groups (broad SMARTS) is 1. The van der Waals surface area contributed by atoms with Gasteiger partial charge in [-0.15, -0.1) is 0 Å². The predicted octanol–water partition coefficient (Wildman–Crippen LogP) is 4.26. The van der Waals surface area contributed by atoms with E-state index in [0.717, 1.165) is 10.9 Å². The number of carbonyl (C=O) groups is 1. The minimum absolute atomic E-state index is 0.203. The summed E-state index contributed by atoms with van der Waals surface area (Å²) in [7, 11) is 0. The van der Waals surface area contributed by atoms with E-state index in [1.165, 1.54) is 49.5 Å². The van der Waals surface area contributed by atoms with E-state index in [-0.39, 0.29) is 5.69 Å². The second kappa shape index (κ2) is 6.36. The lowest BCUT2D eigenvalue weighted by Crippen LogP contribution is -2.14. The topological polar surface area (TPSA) is 67.5 Å². The monoisotopic (exact) mass is 321 g/mol. The van der Waals surface area contributed by atoms with Gasteiger partial charge in [-0.3, -0.25) is 0 Å². The Morgan fingerprint density at radius 1 is 1.36 bits per heavy atom. The number of rotatable bonds is 5. The molecular formula is C16H23N3O2S. The molecule has 1 fully saturated rings. The van der Waals surface area contributed by atoms with Gasteiger partial charge in [-0.2, -0.15) is 9.61 Å². The van der Waals surface area contributed by atoms with Crippen LogP contribution in [0.1, 0.15) is 79.0 Å². The zero-order chi connectivity index (χ0) is 15.7. The van der Waals surface area contributed by atoms with E-state index in [1.807, 2.05) is 0 Å². The van der Waals surface area contributed by atoms with Crippen LogP contribution < -0.4 is 0 Å².